The molecule has 1 aromatic carbocycles. The van der Waals surface area contributed by atoms with Crippen molar-refractivity contribution < 1.29 is 19.4 Å². The molecule has 1 aromatic rings. The van der Waals surface area contributed by atoms with Crippen molar-refractivity contribution in [2.24, 2.45) is 0 Å². The summed E-state index contributed by atoms with van der Waals surface area (Å²) in [6.45, 7) is 4.87. The van der Waals surface area contributed by atoms with Gasteiger partial charge in [0.2, 0.25) is 0 Å². The molecular formula is C14H21NO4. The highest BCUT2D eigenvalue weighted by atomic mass is 16.5. The molecule has 5 nitrogen and oxygen atoms in total. The van der Waals surface area contributed by atoms with Gasteiger partial charge in [0.15, 0.2) is 11.5 Å². The van der Waals surface area contributed by atoms with E-state index in [0.29, 0.717) is 24.5 Å². The number of nitrogens with zero attached hydrogens (tertiary/aromatic N) is 1. The summed E-state index contributed by atoms with van der Waals surface area (Å²) >= 11 is 0. The molecule has 0 aliphatic rings. The Bertz CT molecular complexity index is 431. The van der Waals surface area contributed by atoms with Crippen LogP contribution in [0.2, 0.25) is 0 Å². The average Bonchev–Trinajstić information content (AvgIpc) is 2.38. The van der Waals surface area contributed by atoms with Gasteiger partial charge in [0.25, 0.3) is 5.91 Å². The fourth-order valence-electron chi connectivity index (χ4n) is 1.77. The first-order chi connectivity index (χ1) is 9.01. The lowest BCUT2D eigenvalue weighted by Crippen LogP contribution is -2.39. The van der Waals surface area contributed by atoms with Crippen LogP contribution in [0.1, 0.15) is 24.2 Å². The quantitative estimate of drug-likeness (QED) is 0.855. The molecule has 0 fully saturated rings. The molecule has 0 bridgehead atoms. The van der Waals surface area contributed by atoms with Gasteiger partial charge in [-0.3, -0.25) is 4.79 Å². The Hall–Kier alpha value is -1.75. The molecule has 1 amide bonds. The summed E-state index contributed by atoms with van der Waals surface area (Å²) in [7, 11) is 3.07. The molecule has 0 aromatic heterocycles. The Morgan fingerprint density at radius 1 is 1.37 bits per heavy atom. The highest BCUT2D eigenvalue weighted by Crippen LogP contribution is 2.26. The first-order valence-electron chi connectivity index (χ1n) is 6.18. The zero-order valence-electron chi connectivity index (χ0n) is 11.8. The fourth-order valence-corrected chi connectivity index (χ4v) is 1.77. The minimum absolute atomic E-state index is 0.0382. The van der Waals surface area contributed by atoms with Crippen molar-refractivity contribution in [2.45, 2.75) is 19.9 Å². The molecule has 0 aliphatic heterocycles. The molecule has 106 valence electrons. The smallest absolute Gasteiger partial charge is 0.254 e. The first-order valence-corrected chi connectivity index (χ1v) is 6.18. The van der Waals surface area contributed by atoms with Gasteiger partial charge < -0.3 is 19.5 Å². The van der Waals surface area contributed by atoms with E-state index in [1.165, 1.54) is 13.2 Å². The number of hydrogen-bond acceptors (Lipinski definition) is 4. The number of carbonyl (C=O) groups excluding carboxylic acids is 1. The van der Waals surface area contributed by atoms with Gasteiger partial charge in [0.05, 0.1) is 13.7 Å². The Morgan fingerprint density at radius 3 is 2.53 bits per heavy atom. The second kappa shape index (κ2) is 6.99. The molecule has 0 saturated carbocycles. The van der Waals surface area contributed by atoms with Gasteiger partial charge in [-0.1, -0.05) is 0 Å². The molecule has 0 aliphatic carbocycles. The van der Waals surface area contributed by atoms with E-state index in [1.54, 1.807) is 24.1 Å². The third kappa shape index (κ3) is 3.86. The number of carbonyl (C=O) groups is 1. The number of methoxy groups -OCH3 is 2. The van der Waals surface area contributed by atoms with Crippen LogP contribution in [0.4, 0.5) is 0 Å². The SMILES string of the molecule is COCCN(C(=O)c1ccc(OC)c(O)c1)C(C)C. The van der Waals surface area contributed by atoms with E-state index < -0.39 is 0 Å². The number of hydrogen-bond donors (Lipinski definition) is 1. The van der Waals surface area contributed by atoms with Gasteiger partial charge in [-0.05, 0) is 32.0 Å². The topological polar surface area (TPSA) is 59.0 Å². The van der Waals surface area contributed by atoms with Crippen molar-refractivity contribution in [3.63, 3.8) is 0 Å². The van der Waals surface area contributed by atoms with E-state index in [-0.39, 0.29) is 17.7 Å². The van der Waals surface area contributed by atoms with Crippen molar-refractivity contribution >= 4 is 5.91 Å². The predicted octanol–water partition coefficient (Wildman–Crippen LogP) is 1.90. The summed E-state index contributed by atoms with van der Waals surface area (Å²) in [6, 6.07) is 4.70. The van der Waals surface area contributed by atoms with E-state index in [2.05, 4.69) is 0 Å². The van der Waals surface area contributed by atoms with Crippen LogP contribution in [0.3, 0.4) is 0 Å². The molecular weight excluding hydrogens is 246 g/mol. The largest absolute Gasteiger partial charge is 0.504 e. The van der Waals surface area contributed by atoms with Crippen LogP contribution >= 0.6 is 0 Å². The fraction of sp³-hybridized carbons (Fsp3) is 0.500. The first kappa shape index (κ1) is 15.3. The van der Waals surface area contributed by atoms with Gasteiger partial charge >= 0.3 is 0 Å². The van der Waals surface area contributed by atoms with E-state index >= 15 is 0 Å². The molecule has 0 atom stereocenters. The summed E-state index contributed by atoms with van der Waals surface area (Å²) in [4.78, 5) is 14.1. The molecule has 1 rings (SSSR count). The lowest BCUT2D eigenvalue weighted by Gasteiger charge is -2.26. The maximum absolute atomic E-state index is 12.4. The van der Waals surface area contributed by atoms with Crippen LogP contribution < -0.4 is 4.74 Å². The summed E-state index contributed by atoms with van der Waals surface area (Å²) in [5, 5.41) is 9.72. The van der Waals surface area contributed by atoms with Crippen LogP contribution in [-0.2, 0) is 4.74 Å². The molecule has 19 heavy (non-hydrogen) atoms. The summed E-state index contributed by atoms with van der Waals surface area (Å²) in [5.74, 6) is 0.179. The van der Waals surface area contributed by atoms with Crippen molar-refractivity contribution in [2.75, 3.05) is 27.4 Å². The highest BCUT2D eigenvalue weighted by Gasteiger charge is 2.19. The number of phenolic OH excluding ortho intramolecular Hbond substituents is 1. The molecule has 0 saturated heterocycles. The zero-order chi connectivity index (χ0) is 14.4. The van der Waals surface area contributed by atoms with Gasteiger partial charge in [-0.15, -0.1) is 0 Å². The second-order valence-electron chi connectivity index (χ2n) is 4.47. The number of amides is 1. The maximum atomic E-state index is 12.4. The predicted molar refractivity (Wildman–Crippen MR) is 72.7 cm³/mol. The van der Waals surface area contributed by atoms with E-state index in [0.717, 1.165) is 0 Å². The Morgan fingerprint density at radius 2 is 2.05 bits per heavy atom. The molecule has 0 unspecified atom stereocenters. The third-order valence-corrected chi connectivity index (χ3v) is 2.85. The lowest BCUT2D eigenvalue weighted by atomic mass is 10.1. The molecule has 0 radical (unpaired) electrons. The number of benzene rings is 1. The van der Waals surface area contributed by atoms with Crippen molar-refractivity contribution in [1.29, 1.82) is 0 Å². The minimum atomic E-state index is -0.134. The van der Waals surface area contributed by atoms with E-state index in [9.17, 15) is 9.90 Å². The van der Waals surface area contributed by atoms with Gasteiger partial charge in [-0.2, -0.15) is 0 Å². The Labute approximate surface area is 113 Å². The lowest BCUT2D eigenvalue weighted by molar-refractivity contribution is 0.0634. The summed E-state index contributed by atoms with van der Waals surface area (Å²) in [5.41, 5.74) is 0.433. The van der Waals surface area contributed by atoms with Crippen LogP contribution in [-0.4, -0.2) is 49.3 Å². The highest BCUT2D eigenvalue weighted by molar-refractivity contribution is 5.95. The van der Waals surface area contributed by atoms with E-state index in [1.807, 2.05) is 13.8 Å². The molecule has 0 spiro atoms. The summed E-state index contributed by atoms with van der Waals surface area (Å²) in [6.07, 6.45) is 0. The number of rotatable bonds is 6. The number of aromatic hydroxyl groups is 1. The van der Waals surface area contributed by atoms with Gasteiger partial charge in [0, 0.05) is 25.3 Å². The Kier molecular flexibility index (Phi) is 5.63. The summed E-state index contributed by atoms with van der Waals surface area (Å²) < 4.78 is 9.96. The van der Waals surface area contributed by atoms with Crippen LogP contribution in [0, 0.1) is 0 Å². The third-order valence-electron chi connectivity index (χ3n) is 2.85. The standard InChI is InChI=1S/C14H21NO4/c1-10(2)15(7-8-18-3)14(17)11-5-6-13(19-4)12(16)9-11/h5-6,9-10,16H,7-8H2,1-4H3. The number of phenols is 1. The van der Waals surface area contributed by atoms with Crippen molar-refractivity contribution in [1.82, 2.24) is 4.90 Å². The van der Waals surface area contributed by atoms with Crippen LogP contribution in [0.15, 0.2) is 18.2 Å². The van der Waals surface area contributed by atoms with E-state index in [4.69, 9.17) is 9.47 Å². The Balaban J connectivity index is 2.93. The second-order valence-corrected chi connectivity index (χ2v) is 4.47. The van der Waals surface area contributed by atoms with Gasteiger partial charge in [-0.25, -0.2) is 0 Å². The van der Waals surface area contributed by atoms with Crippen molar-refractivity contribution in [3.05, 3.63) is 23.8 Å². The maximum Gasteiger partial charge on any atom is 0.254 e. The number of ether oxygens (including phenoxy) is 2. The monoisotopic (exact) mass is 267 g/mol. The molecule has 5 heteroatoms. The van der Waals surface area contributed by atoms with Crippen molar-refractivity contribution in [3.8, 4) is 11.5 Å². The minimum Gasteiger partial charge on any atom is -0.504 e. The molecule has 0 heterocycles. The molecule has 1 N–H and O–H groups in total. The average molecular weight is 267 g/mol. The zero-order valence-corrected chi connectivity index (χ0v) is 11.8. The van der Waals surface area contributed by atoms with Crippen LogP contribution in [0.25, 0.3) is 0 Å². The van der Waals surface area contributed by atoms with Gasteiger partial charge in [0.1, 0.15) is 0 Å². The normalized spacial score (nSPS) is 10.6. The van der Waals surface area contributed by atoms with Crippen LogP contribution in [0.5, 0.6) is 11.5 Å².